The number of rotatable bonds is 0. The molecule has 2 rings (SSSR count). The quantitative estimate of drug-likeness (QED) is 0.592. The summed E-state index contributed by atoms with van der Waals surface area (Å²) in [7, 11) is 0. The molecule has 2 aromatic rings. The van der Waals surface area contributed by atoms with Crippen LogP contribution in [0.5, 0.6) is 0 Å². The molecule has 3 heteroatoms. The fourth-order valence-corrected chi connectivity index (χ4v) is 0.885. The molecule has 10 heavy (non-hydrogen) atoms. The van der Waals surface area contributed by atoms with Gasteiger partial charge in [-0.05, 0) is 12.1 Å². The van der Waals surface area contributed by atoms with Crippen molar-refractivity contribution in [1.29, 1.82) is 0 Å². The highest BCUT2D eigenvalue weighted by molar-refractivity contribution is 5.84. The first-order valence-corrected chi connectivity index (χ1v) is 2.95. The van der Waals surface area contributed by atoms with Crippen molar-refractivity contribution in [2.24, 2.45) is 0 Å². The molecule has 2 aromatic heterocycles. The number of pyridine rings is 1. The lowest BCUT2D eigenvalue weighted by atomic mass is 10.4. The summed E-state index contributed by atoms with van der Waals surface area (Å²) in [6.45, 7) is 0. The van der Waals surface area contributed by atoms with E-state index in [1.165, 1.54) is 6.26 Å². The molecule has 2 heterocycles. The van der Waals surface area contributed by atoms with Crippen LogP contribution < -0.4 is 5.73 Å². The van der Waals surface area contributed by atoms with E-state index in [4.69, 9.17) is 10.2 Å². The highest BCUT2D eigenvalue weighted by Gasteiger charge is 1.99. The van der Waals surface area contributed by atoms with Crippen LogP contribution in [0.3, 0.4) is 0 Å². The van der Waals surface area contributed by atoms with E-state index in [1.807, 2.05) is 12.1 Å². The third-order valence-electron chi connectivity index (χ3n) is 1.36. The number of hydrogen-bond acceptors (Lipinski definition) is 3. The van der Waals surface area contributed by atoms with Gasteiger partial charge >= 0.3 is 0 Å². The van der Waals surface area contributed by atoms with Gasteiger partial charge in [-0.15, -0.1) is 0 Å². The van der Waals surface area contributed by atoms with Crippen LogP contribution in [0.1, 0.15) is 0 Å². The van der Waals surface area contributed by atoms with Crippen molar-refractivity contribution in [1.82, 2.24) is 4.98 Å². The van der Waals surface area contributed by atoms with Gasteiger partial charge in [0.25, 0.3) is 0 Å². The predicted octanol–water partition coefficient (Wildman–Crippen LogP) is 1.41. The molecule has 3 nitrogen and oxygen atoms in total. The number of furan rings is 1. The molecule has 0 fully saturated rings. The van der Waals surface area contributed by atoms with Crippen LogP contribution in [0.25, 0.3) is 11.1 Å². The lowest BCUT2D eigenvalue weighted by molar-refractivity contribution is 0.617. The fraction of sp³-hybridized carbons (Fsp3) is 0. The molecule has 0 aromatic carbocycles. The largest absolute Gasteiger partial charge is 0.460 e. The van der Waals surface area contributed by atoms with Crippen molar-refractivity contribution < 1.29 is 4.42 Å². The Morgan fingerprint density at radius 1 is 1.50 bits per heavy atom. The average molecular weight is 134 g/mol. The second-order valence-corrected chi connectivity index (χ2v) is 2.04. The van der Waals surface area contributed by atoms with Gasteiger partial charge in [0.15, 0.2) is 5.58 Å². The summed E-state index contributed by atoms with van der Waals surface area (Å²) >= 11 is 0. The lowest BCUT2D eigenvalue weighted by Crippen LogP contribution is -1.81. The Morgan fingerprint density at radius 2 is 2.40 bits per heavy atom. The van der Waals surface area contributed by atoms with Crippen LogP contribution in [0.15, 0.2) is 29.0 Å². The third-order valence-corrected chi connectivity index (χ3v) is 1.36. The normalized spacial score (nSPS) is 10.4. The van der Waals surface area contributed by atoms with E-state index in [9.17, 15) is 0 Å². The molecule has 50 valence electrons. The zero-order valence-electron chi connectivity index (χ0n) is 5.24. The summed E-state index contributed by atoms with van der Waals surface area (Å²) in [5.74, 6) is 0. The van der Waals surface area contributed by atoms with Gasteiger partial charge in [-0.3, -0.25) is 4.98 Å². The lowest BCUT2D eigenvalue weighted by Gasteiger charge is -1.84. The maximum atomic E-state index is 5.52. The van der Waals surface area contributed by atoms with E-state index in [-0.39, 0.29) is 0 Å². The van der Waals surface area contributed by atoms with Crippen LogP contribution >= 0.6 is 0 Å². The Labute approximate surface area is 57.5 Å². The monoisotopic (exact) mass is 134 g/mol. The van der Waals surface area contributed by atoms with Crippen LogP contribution in [0.4, 0.5) is 5.69 Å². The zero-order chi connectivity index (χ0) is 6.97. The van der Waals surface area contributed by atoms with Gasteiger partial charge in [-0.1, -0.05) is 0 Å². The Hall–Kier alpha value is -1.51. The molecule has 0 bridgehead atoms. The molecule has 0 unspecified atom stereocenters. The van der Waals surface area contributed by atoms with Gasteiger partial charge in [0.05, 0.1) is 5.69 Å². The maximum Gasteiger partial charge on any atom is 0.154 e. The summed E-state index contributed by atoms with van der Waals surface area (Å²) in [5.41, 5.74) is 7.59. The van der Waals surface area contributed by atoms with Crippen molar-refractivity contribution in [2.75, 3.05) is 5.73 Å². The molecule has 0 saturated heterocycles. The molecule has 0 saturated carbocycles. The van der Waals surface area contributed by atoms with Crippen molar-refractivity contribution in [3.63, 3.8) is 0 Å². The molecule has 0 radical (unpaired) electrons. The molecule has 0 aliphatic rings. The number of nitrogens with zero attached hydrogens (tertiary/aromatic N) is 1. The summed E-state index contributed by atoms with van der Waals surface area (Å²) < 4.78 is 5.06. The molecule has 0 spiro atoms. The van der Waals surface area contributed by atoms with Crippen molar-refractivity contribution in [3.8, 4) is 0 Å². The number of hydrogen-bond donors (Lipinski definition) is 1. The maximum absolute atomic E-state index is 5.52. The molecular weight excluding hydrogens is 128 g/mol. The molecule has 0 aliphatic carbocycles. The van der Waals surface area contributed by atoms with Crippen molar-refractivity contribution in [3.05, 3.63) is 24.6 Å². The van der Waals surface area contributed by atoms with Gasteiger partial charge in [0, 0.05) is 6.20 Å². The second kappa shape index (κ2) is 1.73. The number of aromatic nitrogens is 1. The first kappa shape index (κ1) is 5.29. The first-order valence-electron chi connectivity index (χ1n) is 2.95. The predicted molar refractivity (Wildman–Crippen MR) is 38.4 cm³/mol. The van der Waals surface area contributed by atoms with Gasteiger partial charge in [-0.2, -0.15) is 0 Å². The standard InChI is InChI=1S/C7H6N2O/c8-5-4-10-6-2-1-3-9-7(5)6/h1-4H,8H2. The fourth-order valence-electron chi connectivity index (χ4n) is 0.885. The van der Waals surface area contributed by atoms with E-state index in [0.717, 1.165) is 11.1 Å². The van der Waals surface area contributed by atoms with Crippen molar-refractivity contribution in [2.45, 2.75) is 0 Å². The van der Waals surface area contributed by atoms with Gasteiger partial charge < -0.3 is 10.2 Å². The van der Waals surface area contributed by atoms with E-state index in [1.54, 1.807) is 6.20 Å². The third kappa shape index (κ3) is 0.572. The Balaban J connectivity index is 2.93. The Bertz CT molecular complexity index is 353. The average Bonchev–Trinajstić information content (AvgIpc) is 2.34. The molecule has 0 atom stereocenters. The Kier molecular flexibility index (Phi) is 0.917. The summed E-state index contributed by atoms with van der Waals surface area (Å²) in [5, 5.41) is 0. The number of nitrogen functional groups attached to an aromatic ring is 1. The van der Waals surface area contributed by atoms with E-state index in [2.05, 4.69) is 4.98 Å². The van der Waals surface area contributed by atoms with E-state index in [0.29, 0.717) is 5.69 Å². The number of anilines is 1. The summed E-state index contributed by atoms with van der Waals surface area (Å²) in [4.78, 5) is 4.02. The minimum Gasteiger partial charge on any atom is -0.460 e. The second-order valence-electron chi connectivity index (χ2n) is 2.04. The molecular formula is C7H6N2O. The summed E-state index contributed by atoms with van der Waals surface area (Å²) in [6.07, 6.45) is 3.19. The van der Waals surface area contributed by atoms with E-state index < -0.39 is 0 Å². The van der Waals surface area contributed by atoms with Gasteiger partial charge in [0.2, 0.25) is 0 Å². The molecule has 0 amide bonds. The highest BCUT2D eigenvalue weighted by atomic mass is 16.3. The van der Waals surface area contributed by atoms with Gasteiger partial charge in [-0.25, -0.2) is 0 Å². The zero-order valence-corrected chi connectivity index (χ0v) is 5.24. The summed E-state index contributed by atoms with van der Waals surface area (Å²) in [6, 6.07) is 3.64. The number of nitrogens with two attached hydrogens (primary N) is 1. The number of fused-ring (bicyclic) bond motifs is 1. The molecule has 2 N–H and O–H groups in total. The van der Waals surface area contributed by atoms with Crippen molar-refractivity contribution >= 4 is 16.8 Å². The van der Waals surface area contributed by atoms with E-state index >= 15 is 0 Å². The van der Waals surface area contributed by atoms with Gasteiger partial charge in [0.1, 0.15) is 11.8 Å². The smallest absolute Gasteiger partial charge is 0.154 e. The SMILES string of the molecule is Nc1coc2cccnc12. The first-order chi connectivity index (χ1) is 4.88. The topological polar surface area (TPSA) is 52.0 Å². The minimum atomic E-state index is 0.593. The molecule has 0 aliphatic heterocycles. The van der Waals surface area contributed by atoms with Crippen LogP contribution in [-0.4, -0.2) is 4.98 Å². The Morgan fingerprint density at radius 3 is 3.20 bits per heavy atom. The highest BCUT2D eigenvalue weighted by Crippen LogP contribution is 2.18. The van der Waals surface area contributed by atoms with Crippen LogP contribution in [-0.2, 0) is 0 Å². The van der Waals surface area contributed by atoms with Crippen LogP contribution in [0, 0.1) is 0 Å². The van der Waals surface area contributed by atoms with Crippen LogP contribution in [0.2, 0.25) is 0 Å². The minimum absolute atomic E-state index is 0.593.